The number of hydrogen-bond acceptors (Lipinski definition) is 5. The molecule has 0 radical (unpaired) electrons. The molecule has 0 spiro atoms. The maximum absolute atomic E-state index is 12.5. The van der Waals surface area contributed by atoms with Gasteiger partial charge in [-0.05, 0) is 18.7 Å². The molecule has 9 heteroatoms. The Morgan fingerprint density at radius 2 is 1.95 bits per heavy atom. The van der Waals surface area contributed by atoms with Crippen LogP contribution in [0.1, 0.15) is 12.7 Å². The lowest BCUT2D eigenvalue weighted by Crippen LogP contribution is -2.13. The minimum absolute atomic E-state index is 0.00984. The predicted octanol–water partition coefficient (Wildman–Crippen LogP) is 1.92. The highest BCUT2D eigenvalue weighted by molar-refractivity contribution is 8.03. The molecule has 1 aromatic rings. The van der Waals surface area contributed by atoms with Gasteiger partial charge in [0.1, 0.15) is 0 Å². The number of thioether (sulfide) groups is 1. The molecule has 0 amide bonds. The Hall–Kier alpha value is -1.51. The van der Waals surface area contributed by atoms with Gasteiger partial charge in [-0.2, -0.15) is 13.2 Å². The van der Waals surface area contributed by atoms with E-state index in [1.807, 2.05) is 0 Å². The first kappa shape index (κ1) is 15.5. The van der Waals surface area contributed by atoms with E-state index in [4.69, 9.17) is 0 Å². The van der Waals surface area contributed by atoms with Gasteiger partial charge >= 0.3 is 6.18 Å². The summed E-state index contributed by atoms with van der Waals surface area (Å²) in [4.78, 5) is 13.3. The zero-order valence-corrected chi connectivity index (χ0v) is 11.6. The lowest BCUT2D eigenvalue weighted by molar-refractivity contribution is -0.147. The average Bonchev–Trinajstić information content (AvgIpc) is 2.58. The van der Waals surface area contributed by atoms with Crippen LogP contribution in [0.15, 0.2) is 16.3 Å². The monoisotopic (exact) mass is 294 g/mol. The highest BCUT2D eigenvalue weighted by Gasteiger charge is 2.37. The molecule has 0 aliphatic heterocycles. The molecule has 0 aliphatic carbocycles. The molecule has 1 rings (SSSR count). The van der Waals surface area contributed by atoms with Crippen LogP contribution in [0.5, 0.6) is 0 Å². The number of carbonyl (C=O) groups excluding carboxylic acids is 1. The zero-order valence-electron chi connectivity index (χ0n) is 10.8. The van der Waals surface area contributed by atoms with Gasteiger partial charge in [0.15, 0.2) is 10.9 Å². The fourth-order valence-electron chi connectivity index (χ4n) is 1.17. The smallest absolute Gasteiger partial charge is 0.382 e. The van der Waals surface area contributed by atoms with Crippen LogP contribution in [-0.4, -0.2) is 39.5 Å². The fraction of sp³-hybridized carbons (Fsp3) is 0.500. The quantitative estimate of drug-likeness (QED) is 0.627. The maximum atomic E-state index is 12.5. The van der Waals surface area contributed by atoms with Gasteiger partial charge in [-0.1, -0.05) is 0 Å². The van der Waals surface area contributed by atoms with Gasteiger partial charge in [-0.3, -0.25) is 4.79 Å². The molecule has 0 unspecified atom stereocenters. The molecule has 19 heavy (non-hydrogen) atoms. The lowest BCUT2D eigenvalue weighted by atomic mass is 10.4. The van der Waals surface area contributed by atoms with E-state index in [9.17, 15) is 18.0 Å². The van der Waals surface area contributed by atoms with E-state index in [1.165, 1.54) is 20.2 Å². The van der Waals surface area contributed by atoms with Crippen LogP contribution in [0.4, 0.5) is 13.2 Å². The number of Topliss-reactive ketones (excluding diaryl/α,β-unsaturated/α-hetero) is 1. The number of nitrogens with zero attached hydrogens (tertiary/aromatic N) is 4. The Kier molecular flexibility index (Phi) is 4.61. The average molecular weight is 294 g/mol. The molecule has 1 heterocycles. The number of alkyl halides is 3. The van der Waals surface area contributed by atoms with Crippen molar-refractivity contribution >= 4 is 17.5 Å². The van der Waals surface area contributed by atoms with Gasteiger partial charge in [0.05, 0.1) is 4.91 Å². The number of carbonyl (C=O) groups is 1. The molecule has 106 valence electrons. The first-order chi connectivity index (χ1) is 8.62. The third-order valence-corrected chi connectivity index (χ3v) is 3.16. The van der Waals surface area contributed by atoms with E-state index in [1.54, 1.807) is 19.0 Å². The van der Waals surface area contributed by atoms with Crippen molar-refractivity contribution in [2.45, 2.75) is 18.3 Å². The van der Waals surface area contributed by atoms with E-state index in [-0.39, 0.29) is 15.8 Å². The molecule has 0 saturated heterocycles. The molecule has 0 fully saturated rings. The minimum atomic E-state index is -4.57. The number of ketones is 1. The minimum Gasteiger partial charge on any atom is -0.382 e. The van der Waals surface area contributed by atoms with Crippen molar-refractivity contribution in [1.82, 2.24) is 19.7 Å². The Balaban J connectivity index is 3.06. The van der Waals surface area contributed by atoms with E-state index in [0.29, 0.717) is 0 Å². The van der Waals surface area contributed by atoms with Crippen LogP contribution in [0.25, 0.3) is 0 Å². The molecule has 0 aromatic carbocycles. The van der Waals surface area contributed by atoms with Crippen molar-refractivity contribution < 1.29 is 18.0 Å². The first-order valence-electron chi connectivity index (χ1n) is 5.16. The normalized spacial score (nSPS) is 12.7. The van der Waals surface area contributed by atoms with Gasteiger partial charge in [0.25, 0.3) is 0 Å². The summed E-state index contributed by atoms with van der Waals surface area (Å²) in [5, 5.41) is 6.56. The fourth-order valence-corrected chi connectivity index (χ4v) is 2.08. The number of hydrogen-bond donors (Lipinski definition) is 0. The van der Waals surface area contributed by atoms with Crippen molar-refractivity contribution in [2.24, 2.45) is 7.05 Å². The number of rotatable bonds is 4. The Labute approximate surface area is 112 Å². The van der Waals surface area contributed by atoms with Crippen molar-refractivity contribution in [3.05, 3.63) is 16.9 Å². The zero-order chi connectivity index (χ0) is 14.8. The van der Waals surface area contributed by atoms with Crippen LogP contribution in [0.2, 0.25) is 0 Å². The number of halogens is 3. The summed E-state index contributed by atoms with van der Waals surface area (Å²) in [7, 11) is 4.63. The second-order valence-corrected chi connectivity index (χ2v) is 4.99. The largest absolute Gasteiger partial charge is 0.451 e. The van der Waals surface area contributed by atoms with Crippen molar-refractivity contribution in [2.75, 3.05) is 14.1 Å². The van der Waals surface area contributed by atoms with E-state index >= 15 is 0 Å². The molecule has 0 aliphatic rings. The van der Waals surface area contributed by atoms with E-state index in [0.717, 1.165) is 16.3 Å². The van der Waals surface area contributed by atoms with Crippen LogP contribution >= 0.6 is 11.8 Å². The number of aromatic nitrogens is 3. The molecule has 0 atom stereocenters. The second kappa shape index (κ2) is 5.64. The summed E-state index contributed by atoms with van der Waals surface area (Å²) in [5.41, 5.74) is 0. The topological polar surface area (TPSA) is 51.0 Å². The van der Waals surface area contributed by atoms with Crippen LogP contribution in [0, 0.1) is 0 Å². The van der Waals surface area contributed by atoms with Crippen molar-refractivity contribution in [1.29, 1.82) is 0 Å². The Morgan fingerprint density at radius 1 is 1.37 bits per heavy atom. The highest BCUT2D eigenvalue weighted by Crippen LogP contribution is 2.32. The summed E-state index contributed by atoms with van der Waals surface area (Å²) in [6, 6.07) is 0. The van der Waals surface area contributed by atoms with Crippen LogP contribution in [0.3, 0.4) is 0 Å². The third-order valence-electron chi connectivity index (χ3n) is 2.01. The Bertz CT molecular complexity index is 507. The summed E-state index contributed by atoms with van der Waals surface area (Å²) in [5.74, 6) is -1.35. The van der Waals surface area contributed by atoms with Gasteiger partial charge in [-0.15, -0.1) is 10.2 Å². The van der Waals surface area contributed by atoms with Gasteiger partial charge < -0.3 is 9.47 Å². The Morgan fingerprint density at radius 3 is 2.32 bits per heavy atom. The summed E-state index contributed by atoms with van der Waals surface area (Å²) >= 11 is 0.848. The molecule has 5 nitrogen and oxygen atoms in total. The maximum Gasteiger partial charge on any atom is 0.451 e. The second-order valence-electron chi connectivity index (χ2n) is 3.98. The van der Waals surface area contributed by atoms with Gasteiger partial charge in [0.2, 0.25) is 5.82 Å². The third kappa shape index (κ3) is 3.98. The molecule has 0 N–H and O–H groups in total. The van der Waals surface area contributed by atoms with Crippen LogP contribution in [-0.2, 0) is 18.0 Å². The predicted molar refractivity (Wildman–Crippen MR) is 64.3 cm³/mol. The molecule has 1 aromatic heterocycles. The van der Waals surface area contributed by atoms with Gasteiger partial charge in [-0.25, -0.2) is 0 Å². The molecule has 0 saturated carbocycles. The summed E-state index contributed by atoms with van der Waals surface area (Å²) in [6.07, 6.45) is -3.04. The van der Waals surface area contributed by atoms with E-state index in [2.05, 4.69) is 10.2 Å². The lowest BCUT2D eigenvalue weighted by Gasteiger charge is -2.09. The SMILES string of the molecule is CC(=O)C(=CN(C)C)Sc1nnc(C(F)(F)F)n1C. The van der Waals surface area contributed by atoms with Crippen molar-refractivity contribution in [3.63, 3.8) is 0 Å². The summed E-state index contributed by atoms with van der Waals surface area (Å²) in [6.45, 7) is 1.34. The first-order valence-corrected chi connectivity index (χ1v) is 5.98. The van der Waals surface area contributed by atoms with Crippen molar-refractivity contribution in [3.8, 4) is 0 Å². The molecular weight excluding hydrogens is 281 g/mol. The van der Waals surface area contributed by atoms with Gasteiger partial charge in [0, 0.05) is 27.3 Å². The standard InChI is InChI=1S/C10H13F3N4OS/c1-6(18)7(5-16(2)3)19-9-15-14-8(17(9)4)10(11,12)13/h5H,1-4H3. The summed E-state index contributed by atoms with van der Waals surface area (Å²) < 4.78 is 38.5. The van der Waals surface area contributed by atoms with Crippen LogP contribution < -0.4 is 0 Å². The highest BCUT2D eigenvalue weighted by atomic mass is 32.2. The molecular formula is C10H13F3N4OS. The molecule has 0 bridgehead atoms. The number of allylic oxidation sites excluding steroid dienone is 1. The van der Waals surface area contributed by atoms with E-state index < -0.39 is 12.0 Å².